The molecule has 0 radical (unpaired) electrons. The van der Waals surface area contributed by atoms with Gasteiger partial charge in [0.1, 0.15) is 17.6 Å². The van der Waals surface area contributed by atoms with Crippen molar-refractivity contribution >= 4 is 22.5 Å². The summed E-state index contributed by atoms with van der Waals surface area (Å²) in [6.07, 6.45) is 7.64. The molecule has 162 valence electrons. The van der Waals surface area contributed by atoms with E-state index in [9.17, 15) is 9.18 Å². The molecule has 0 aliphatic heterocycles. The van der Waals surface area contributed by atoms with Crippen molar-refractivity contribution in [2.45, 2.75) is 38.5 Å². The standard InChI is InChI=1S/C26H25FN4O/c1-15(26(32)31-22-4-3-21(13-28)30-14-22)16-8-17-10-19(11-18(17)9-16)23-6-7-29-25-5-2-20(27)12-24(23)25/h2-7,12,14-19H,8-11H2,1H3,(H,31,32)/t15?,16-,17-,18?,19+/m0/s1. The first kappa shape index (κ1) is 20.6. The van der Waals surface area contributed by atoms with Gasteiger partial charge in [-0.2, -0.15) is 5.26 Å². The van der Waals surface area contributed by atoms with E-state index in [1.54, 1.807) is 24.3 Å². The fraction of sp³-hybridized carbons (Fsp3) is 0.385. The molecule has 2 aliphatic rings. The third-order valence-corrected chi connectivity index (χ3v) is 7.50. The molecule has 5 rings (SSSR count). The zero-order valence-corrected chi connectivity index (χ0v) is 18.0. The Bertz CT molecular complexity index is 1190. The van der Waals surface area contributed by atoms with Crippen molar-refractivity contribution in [3.63, 3.8) is 0 Å². The number of rotatable bonds is 4. The third-order valence-electron chi connectivity index (χ3n) is 7.50. The van der Waals surface area contributed by atoms with Crippen LogP contribution in [0.25, 0.3) is 10.9 Å². The summed E-state index contributed by atoms with van der Waals surface area (Å²) in [5.74, 6) is 1.71. The number of halogens is 1. The third kappa shape index (κ3) is 3.84. The number of nitrogens with zero attached hydrogens (tertiary/aromatic N) is 3. The lowest BCUT2D eigenvalue weighted by Gasteiger charge is -2.21. The van der Waals surface area contributed by atoms with Crippen LogP contribution >= 0.6 is 0 Å². The van der Waals surface area contributed by atoms with Gasteiger partial charge in [0.05, 0.1) is 17.4 Å². The zero-order chi connectivity index (χ0) is 22.2. The van der Waals surface area contributed by atoms with Crippen molar-refractivity contribution in [3.8, 4) is 6.07 Å². The van der Waals surface area contributed by atoms with E-state index in [1.807, 2.05) is 25.3 Å². The van der Waals surface area contributed by atoms with Crippen LogP contribution < -0.4 is 5.32 Å². The Morgan fingerprint density at radius 2 is 1.91 bits per heavy atom. The van der Waals surface area contributed by atoms with E-state index in [0.717, 1.165) is 36.6 Å². The second kappa shape index (κ2) is 8.31. The highest BCUT2D eigenvalue weighted by Crippen LogP contribution is 2.54. The molecular formula is C26H25FN4O. The molecule has 5 nitrogen and oxygen atoms in total. The van der Waals surface area contributed by atoms with Crippen molar-refractivity contribution in [3.05, 3.63) is 65.9 Å². The summed E-state index contributed by atoms with van der Waals surface area (Å²) >= 11 is 0. The van der Waals surface area contributed by atoms with E-state index in [4.69, 9.17) is 5.26 Å². The first-order valence-electron chi connectivity index (χ1n) is 11.2. The first-order valence-corrected chi connectivity index (χ1v) is 11.2. The van der Waals surface area contributed by atoms with Crippen molar-refractivity contribution in [2.75, 3.05) is 5.32 Å². The number of nitriles is 1. The van der Waals surface area contributed by atoms with Gasteiger partial charge in [0.2, 0.25) is 5.91 Å². The van der Waals surface area contributed by atoms with Gasteiger partial charge in [-0.1, -0.05) is 6.92 Å². The van der Waals surface area contributed by atoms with Crippen LogP contribution in [0.4, 0.5) is 10.1 Å². The highest BCUT2D eigenvalue weighted by atomic mass is 19.1. The van der Waals surface area contributed by atoms with Gasteiger partial charge in [-0.05, 0) is 91.3 Å². The molecule has 0 spiro atoms. The molecule has 0 bridgehead atoms. The molecule has 2 aliphatic carbocycles. The van der Waals surface area contributed by atoms with Crippen LogP contribution in [0.3, 0.4) is 0 Å². The van der Waals surface area contributed by atoms with Gasteiger partial charge >= 0.3 is 0 Å². The Labute approximate surface area is 186 Å². The lowest BCUT2D eigenvalue weighted by Crippen LogP contribution is -2.26. The molecule has 3 aromatic rings. The monoisotopic (exact) mass is 428 g/mol. The minimum Gasteiger partial charge on any atom is -0.324 e. The number of carbonyl (C=O) groups excluding carboxylic acids is 1. The number of nitrogens with one attached hydrogen (secondary N) is 1. The van der Waals surface area contributed by atoms with Crippen LogP contribution in [0.15, 0.2) is 48.8 Å². The molecule has 2 heterocycles. The minimum absolute atomic E-state index is 0.00799. The summed E-state index contributed by atoms with van der Waals surface area (Å²) in [5, 5.41) is 12.7. The van der Waals surface area contributed by atoms with Crippen molar-refractivity contribution < 1.29 is 9.18 Å². The lowest BCUT2D eigenvalue weighted by atomic mass is 9.86. The zero-order valence-electron chi connectivity index (χ0n) is 18.0. The Morgan fingerprint density at radius 3 is 2.59 bits per heavy atom. The van der Waals surface area contributed by atoms with Gasteiger partial charge in [-0.3, -0.25) is 9.78 Å². The second-order valence-electron chi connectivity index (χ2n) is 9.30. The molecule has 0 saturated heterocycles. The molecular weight excluding hydrogens is 403 g/mol. The predicted molar refractivity (Wildman–Crippen MR) is 120 cm³/mol. The van der Waals surface area contributed by atoms with Crippen LogP contribution in [0.2, 0.25) is 0 Å². The Kier molecular flexibility index (Phi) is 5.34. The largest absolute Gasteiger partial charge is 0.324 e. The van der Waals surface area contributed by atoms with Crippen LogP contribution in [-0.2, 0) is 4.79 Å². The predicted octanol–water partition coefficient (Wildman–Crippen LogP) is 5.44. The number of fused-ring (bicyclic) bond motifs is 2. The van der Waals surface area contributed by atoms with Crippen LogP contribution in [0.5, 0.6) is 0 Å². The van der Waals surface area contributed by atoms with Gasteiger partial charge in [-0.25, -0.2) is 9.37 Å². The second-order valence-corrected chi connectivity index (χ2v) is 9.30. The molecule has 2 saturated carbocycles. The number of anilines is 1. The topological polar surface area (TPSA) is 78.7 Å². The quantitative estimate of drug-likeness (QED) is 0.601. The van der Waals surface area contributed by atoms with Crippen molar-refractivity contribution in [2.24, 2.45) is 23.7 Å². The Morgan fingerprint density at radius 1 is 1.12 bits per heavy atom. The lowest BCUT2D eigenvalue weighted by molar-refractivity contribution is -0.120. The molecule has 32 heavy (non-hydrogen) atoms. The molecule has 1 N–H and O–H groups in total. The molecule has 5 atom stereocenters. The molecule has 2 unspecified atom stereocenters. The average Bonchev–Trinajstić information content (AvgIpc) is 3.38. The van der Waals surface area contributed by atoms with E-state index >= 15 is 0 Å². The number of aromatic nitrogens is 2. The van der Waals surface area contributed by atoms with E-state index < -0.39 is 0 Å². The van der Waals surface area contributed by atoms with E-state index in [2.05, 4.69) is 15.3 Å². The van der Waals surface area contributed by atoms with Crippen molar-refractivity contribution in [1.29, 1.82) is 5.26 Å². The summed E-state index contributed by atoms with van der Waals surface area (Å²) in [6, 6.07) is 12.2. The Hall–Kier alpha value is -3.33. The molecule has 2 aromatic heterocycles. The van der Waals surface area contributed by atoms with Crippen LogP contribution in [-0.4, -0.2) is 15.9 Å². The van der Waals surface area contributed by atoms with Crippen LogP contribution in [0.1, 0.15) is 49.8 Å². The average molecular weight is 429 g/mol. The fourth-order valence-corrected chi connectivity index (χ4v) is 5.83. The number of amides is 1. The molecule has 1 amide bonds. The Balaban J connectivity index is 1.23. The van der Waals surface area contributed by atoms with E-state index in [1.165, 1.54) is 17.8 Å². The summed E-state index contributed by atoms with van der Waals surface area (Å²) in [6.45, 7) is 2.01. The van der Waals surface area contributed by atoms with Gasteiger partial charge in [0, 0.05) is 17.5 Å². The number of hydrogen-bond acceptors (Lipinski definition) is 4. The highest BCUT2D eigenvalue weighted by Gasteiger charge is 2.44. The van der Waals surface area contributed by atoms with Gasteiger partial charge < -0.3 is 5.32 Å². The molecule has 1 aromatic carbocycles. The summed E-state index contributed by atoms with van der Waals surface area (Å²) in [7, 11) is 0. The van der Waals surface area contributed by atoms with Gasteiger partial charge in [0.15, 0.2) is 0 Å². The number of pyridine rings is 2. The number of carbonyl (C=O) groups is 1. The number of hydrogen-bond donors (Lipinski definition) is 1. The number of benzene rings is 1. The first-order chi connectivity index (χ1) is 15.5. The van der Waals surface area contributed by atoms with Gasteiger partial charge in [-0.15, -0.1) is 0 Å². The maximum Gasteiger partial charge on any atom is 0.227 e. The fourth-order valence-electron chi connectivity index (χ4n) is 5.83. The van der Waals surface area contributed by atoms with Crippen molar-refractivity contribution in [1.82, 2.24) is 9.97 Å². The minimum atomic E-state index is -0.220. The highest BCUT2D eigenvalue weighted by molar-refractivity contribution is 5.92. The summed E-state index contributed by atoms with van der Waals surface area (Å²) < 4.78 is 13.9. The van der Waals surface area contributed by atoms with Gasteiger partial charge in [0.25, 0.3) is 0 Å². The SMILES string of the molecule is CC(C(=O)Nc1ccc(C#N)nc1)[C@@H]1CC2C[C@H](c3ccnc4ccc(F)cc34)C[C@@H]2C1. The van der Waals surface area contributed by atoms with E-state index in [-0.39, 0.29) is 17.6 Å². The summed E-state index contributed by atoms with van der Waals surface area (Å²) in [5.41, 5.74) is 3.01. The summed E-state index contributed by atoms with van der Waals surface area (Å²) in [4.78, 5) is 21.2. The normalized spacial score (nSPS) is 25.3. The molecule has 6 heteroatoms. The van der Waals surface area contributed by atoms with Crippen LogP contribution in [0, 0.1) is 40.8 Å². The van der Waals surface area contributed by atoms with E-state index in [0.29, 0.717) is 35.1 Å². The molecule has 2 fully saturated rings. The smallest absolute Gasteiger partial charge is 0.227 e. The maximum atomic E-state index is 13.9. The maximum absolute atomic E-state index is 13.9.